The summed E-state index contributed by atoms with van der Waals surface area (Å²) in [5.74, 6) is 0. The minimum Gasteiger partial charge on any atom is -0.612 e. The molecule has 1 unspecified atom stereocenters. The van der Waals surface area contributed by atoms with Crippen molar-refractivity contribution in [2.24, 2.45) is 0 Å². The van der Waals surface area contributed by atoms with Gasteiger partial charge >= 0.3 is 0 Å². The predicted octanol–water partition coefficient (Wildman–Crippen LogP) is 8.99. The smallest absolute Gasteiger partial charge is 0.160 e. The van der Waals surface area contributed by atoms with Crippen molar-refractivity contribution in [2.45, 2.75) is 4.90 Å². The van der Waals surface area contributed by atoms with Gasteiger partial charge in [-0.1, -0.05) is 88.7 Å². The van der Waals surface area contributed by atoms with Crippen LogP contribution in [0.4, 0.5) is 17.1 Å². The van der Waals surface area contributed by atoms with Crippen LogP contribution in [0.3, 0.4) is 0 Å². The highest BCUT2D eigenvalue weighted by atomic mass is 79.9. The van der Waals surface area contributed by atoms with Crippen molar-refractivity contribution in [1.82, 2.24) is 0 Å². The average molecular weight is 539 g/mol. The molecule has 0 N–H and O–H groups in total. The zero-order chi connectivity index (χ0) is 24.2. The molecule has 4 heteroatoms. The molecule has 0 heterocycles. The monoisotopic (exact) mass is 537 g/mol. The number of para-hydroxylation sites is 2. The number of benzene rings is 5. The van der Waals surface area contributed by atoms with Crippen LogP contribution in [0.2, 0.25) is 0 Å². The van der Waals surface area contributed by atoms with Gasteiger partial charge in [0.25, 0.3) is 0 Å². The molecule has 0 saturated heterocycles. The summed E-state index contributed by atoms with van der Waals surface area (Å²) in [6.07, 6.45) is 1.74. The van der Waals surface area contributed by atoms with Crippen LogP contribution in [0.1, 0.15) is 0 Å². The van der Waals surface area contributed by atoms with Gasteiger partial charge in [0, 0.05) is 27.1 Å². The van der Waals surface area contributed by atoms with E-state index >= 15 is 0 Å². The number of hydrogen-bond donors (Lipinski definition) is 0. The van der Waals surface area contributed by atoms with Gasteiger partial charge < -0.3 is 9.45 Å². The Morgan fingerprint density at radius 2 is 1.06 bits per heavy atom. The minimum absolute atomic E-state index is 0.825. The molecular weight excluding hydrogens is 514 g/mol. The lowest BCUT2D eigenvalue weighted by atomic mass is 9.99. The Bertz CT molecular complexity index is 1360. The number of anilines is 3. The van der Waals surface area contributed by atoms with Crippen LogP contribution in [0.25, 0.3) is 22.3 Å². The summed E-state index contributed by atoms with van der Waals surface area (Å²) in [6.45, 7) is 0. The van der Waals surface area contributed by atoms with Gasteiger partial charge in [-0.25, -0.2) is 0 Å². The molecule has 0 bridgehead atoms. The van der Waals surface area contributed by atoms with E-state index in [1.807, 2.05) is 54.6 Å². The van der Waals surface area contributed by atoms with E-state index in [0.717, 1.165) is 48.7 Å². The molecule has 5 aromatic rings. The highest BCUT2D eigenvalue weighted by Crippen LogP contribution is 2.39. The molecule has 0 amide bonds. The Kier molecular flexibility index (Phi) is 7.05. The van der Waals surface area contributed by atoms with E-state index in [-0.39, 0.29) is 0 Å². The van der Waals surface area contributed by atoms with E-state index in [2.05, 4.69) is 93.6 Å². The van der Waals surface area contributed by atoms with E-state index < -0.39 is 11.2 Å². The number of rotatable bonds is 6. The number of hydrogen-bond acceptors (Lipinski definition) is 2. The molecule has 5 aromatic carbocycles. The Balaban J connectivity index is 1.60. The van der Waals surface area contributed by atoms with Crippen molar-refractivity contribution in [3.8, 4) is 22.3 Å². The first-order valence-electron chi connectivity index (χ1n) is 11.3. The summed E-state index contributed by atoms with van der Waals surface area (Å²) >= 11 is 2.38. The normalized spacial score (nSPS) is 11.7. The molecule has 0 saturated carbocycles. The van der Waals surface area contributed by atoms with E-state index in [1.165, 1.54) is 0 Å². The van der Waals surface area contributed by atoms with Gasteiger partial charge in [-0.3, -0.25) is 0 Å². The van der Waals surface area contributed by atoms with Gasteiger partial charge in [-0.15, -0.1) is 0 Å². The molecule has 172 valence electrons. The van der Waals surface area contributed by atoms with Crippen molar-refractivity contribution < 1.29 is 4.55 Å². The van der Waals surface area contributed by atoms with Crippen molar-refractivity contribution >= 4 is 44.2 Å². The predicted molar refractivity (Wildman–Crippen MR) is 152 cm³/mol. The molecule has 35 heavy (non-hydrogen) atoms. The highest BCUT2D eigenvalue weighted by molar-refractivity contribution is 9.10. The van der Waals surface area contributed by atoms with Crippen LogP contribution < -0.4 is 4.90 Å². The van der Waals surface area contributed by atoms with Gasteiger partial charge in [0.05, 0.1) is 0 Å². The van der Waals surface area contributed by atoms with Crippen LogP contribution >= 0.6 is 15.9 Å². The van der Waals surface area contributed by atoms with Gasteiger partial charge in [-0.2, -0.15) is 0 Å². The lowest BCUT2D eigenvalue weighted by Gasteiger charge is -2.26. The molecule has 0 aliphatic rings. The highest BCUT2D eigenvalue weighted by Gasteiger charge is 2.19. The SMILES string of the molecule is C[S+]([O-])c1ccc(N(c2ccccc2)c2ccccc2)cc1-c1ccc(-c2ccc(Br)cc2)cc1. The molecule has 0 fully saturated rings. The Labute approximate surface area is 218 Å². The molecule has 0 radical (unpaired) electrons. The van der Waals surface area contributed by atoms with E-state index in [0.29, 0.717) is 0 Å². The molecular formula is C31H24BrNOS. The van der Waals surface area contributed by atoms with Gasteiger partial charge in [-0.05, 0) is 82.5 Å². The Morgan fingerprint density at radius 1 is 0.571 bits per heavy atom. The van der Waals surface area contributed by atoms with Crippen LogP contribution in [0, 0.1) is 0 Å². The van der Waals surface area contributed by atoms with Crippen LogP contribution in [-0.4, -0.2) is 10.8 Å². The summed E-state index contributed by atoms with van der Waals surface area (Å²) in [7, 11) is 0. The van der Waals surface area contributed by atoms with E-state index in [4.69, 9.17) is 0 Å². The largest absolute Gasteiger partial charge is 0.612 e. The van der Waals surface area contributed by atoms with Crippen molar-refractivity contribution in [3.63, 3.8) is 0 Å². The van der Waals surface area contributed by atoms with Crippen molar-refractivity contribution in [1.29, 1.82) is 0 Å². The first-order valence-corrected chi connectivity index (χ1v) is 13.7. The lowest BCUT2D eigenvalue weighted by molar-refractivity contribution is 0.601. The van der Waals surface area contributed by atoms with E-state index in [9.17, 15) is 4.55 Å². The first-order chi connectivity index (χ1) is 17.1. The average Bonchev–Trinajstić information content (AvgIpc) is 2.90. The topological polar surface area (TPSA) is 26.3 Å². The van der Waals surface area contributed by atoms with Crippen molar-refractivity contribution in [3.05, 3.63) is 132 Å². The maximum Gasteiger partial charge on any atom is 0.160 e. The quantitative estimate of drug-likeness (QED) is 0.202. The second-order valence-corrected chi connectivity index (χ2v) is 10.5. The second kappa shape index (κ2) is 10.5. The van der Waals surface area contributed by atoms with Gasteiger partial charge in [0.15, 0.2) is 4.90 Å². The molecule has 0 spiro atoms. The summed E-state index contributed by atoms with van der Waals surface area (Å²) in [4.78, 5) is 3.05. The molecule has 0 aliphatic carbocycles. The Morgan fingerprint density at radius 3 is 1.57 bits per heavy atom. The maximum atomic E-state index is 12.7. The summed E-state index contributed by atoms with van der Waals surface area (Å²) in [5, 5.41) is 0. The molecule has 0 aromatic heterocycles. The first kappa shape index (κ1) is 23.4. The fourth-order valence-corrected chi connectivity index (χ4v) is 5.23. The summed E-state index contributed by atoms with van der Waals surface area (Å²) in [6, 6.07) is 43.6. The van der Waals surface area contributed by atoms with E-state index in [1.54, 1.807) is 6.26 Å². The van der Waals surface area contributed by atoms with Crippen LogP contribution in [-0.2, 0) is 11.2 Å². The maximum absolute atomic E-state index is 12.7. The molecule has 1 atom stereocenters. The summed E-state index contributed by atoms with van der Waals surface area (Å²) in [5.41, 5.74) is 7.48. The fourth-order valence-electron chi connectivity index (χ4n) is 4.22. The van der Waals surface area contributed by atoms with Crippen molar-refractivity contribution in [2.75, 3.05) is 11.2 Å². The van der Waals surface area contributed by atoms with Crippen LogP contribution in [0.5, 0.6) is 0 Å². The molecule has 0 aliphatic heterocycles. The second-order valence-electron chi connectivity index (χ2n) is 8.23. The lowest BCUT2D eigenvalue weighted by Crippen LogP contribution is -2.10. The zero-order valence-corrected chi connectivity index (χ0v) is 21.7. The minimum atomic E-state index is -1.12. The third-order valence-electron chi connectivity index (χ3n) is 5.93. The number of halogens is 1. The van der Waals surface area contributed by atoms with Gasteiger partial charge in [0.2, 0.25) is 0 Å². The summed E-state index contributed by atoms with van der Waals surface area (Å²) < 4.78 is 13.7. The molecule has 5 rings (SSSR count). The van der Waals surface area contributed by atoms with Crippen LogP contribution in [0.15, 0.2) is 137 Å². The third kappa shape index (κ3) is 5.20. The van der Waals surface area contributed by atoms with Gasteiger partial charge in [0.1, 0.15) is 6.26 Å². The molecule has 2 nitrogen and oxygen atoms in total. The zero-order valence-electron chi connectivity index (χ0n) is 19.3. The fraction of sp³-hybridized carbons (Fsp3) is 0.0323. The third-order valence-corrected chi connectivity index (χ3v) is 7.44. The Hall–Kier alpha value is -3.31. The standard InChI is InChI=1S/C31H24BrNOS/c1-35(34)31-21-20-29(33(27-8-4-2-5-9-27)28-10-6-3-7-11-28)22-30(31)25-14-12-23(13-15-25)24-16-18-26(32)19-17-24/h2-22H,1H3. The number of nitrogens with zero attached hydrogens (tertiary/aromatic N) is 1.